The predicted octanol–water partition coefficient (Wildman–Crippen LogP) is 5.59. The molecule has 4 rings (SSSR count). The number of amides is 1. The number of aliphatic hydroxyl groups excluding tert-OH is 1. The highest BCUT2D eigenvalue weighted by Crippen LogP contribution is 2.44. The van der Waals surface area contributed by atoms with E-state index in [4.69, 9.17) is 25.1 Å². The predicted molar refractivity (Wildman–Crippen MR) is 154 cm³/mol. The number of halogens is 1. The molecule has 0 unspecified atom stereocenters. The standard InChI is InChI=1S/C31H32FN5O4/c1-2-17-31(30(39)34-18-16-22-8-12-25(32)13-9-22)28(27-7-4-3-6-24(27)21-35-37-33)41-29(36-31)23-10-14-26(15-11-23)40-20-5-19-38/h2-4,6-15,28,38H,1,5,16-21H2,(H,34,39)/t28-,31-/m1/s1. The fraction of sp³-hybridized carbons (Fsp3) is 0.290. The number of aliphatic imine (C=N–C) groups is 1. The highest BCUT2D eigenvalue weighted by Gasteiger charge is 2.52. The van der Waals surface area contributed by atoms with Gasteiger partial charge in [0, 0.05) is 36.5 Å². The number of nitrogens with one attached hydrogen (secondary N) is 1. The first-order chi connectivity index (χ1) is 20.0. The van der Waals surface area contributed by atoms with Gasteiger partial charge in [-0.2, -0.15) is 0 Å². The highest BCUT2D eigenvalue weighted by atomic mass is 19.1. The molecule has 0 aromatic heterocycles. The zero-order valence-electron chi connectivity index (χ0n) is 22.6. The molecule has 0 saturated carbocycles. The molecule has 0 bridgehead atoms. The van der Waals surface area contributed by atoms with Crippen LogP contribution in [0, 0.1) is 5.82 Å². The van der Waals surface area contributed by atoms with Crippen LogP contribution in [0.15, 0.2) is 95.6 Å². The van der Waals surface area contributed by atoms with Crippen molar-refractivity contribution in [3.63, 3.8) is 0 Å². The summed E-state index contributed by atoms with van der Waals surface area (Å²) >= 11 is 0. The van der Waals surface area contributed by atoms with E-state index >= 15 is 0 Å². The molecule has 0 spiro atoms. The molecule has 2 atom stereocenters. The molecule has 10 heteroatoms. The molecule has 0 radical (unpaired) electrons. The van der Waals surface area contributed by atoms with E-state index < -0.39 is 11.6 Å². The third kappa shape index (κ3) is 7.11. The zero-order chi connectivity index (χ0) is 29.1. The average molecular weight is 558 g/mol. The Morgan fingerprint density at radius 3 is 2.66 bits per heavy atom. The average Bonchev–Trinajstić information content (AvgIpc) is 3.38. The summed E-state index contributed by atoms with van der Waals surface area (Å²) in [6.45, 7) is 4.71. The zero-order valence-corrected chi connectivity index (χ0v) is 22.6. The maximum atomic E-state index is 14.0. The fourth-order valence-electron chi connectivity index (χ4n) is 4.68. The Hall–Kier alpha value is -4.66. The number of azide groups is 1. The van der Waals surface area contributed by atoms with Crippen LogP contribution in [0.2, 0.25) is 0 Å². The molecular weight excluding hydrogens is 525 g/mol. The van der Waals surface area contributed by atoms with E-state index in [1.54, 1.807) is 42.5 Å². The van der Waals surface area contributed by atoms with Crippen molar-refractivity contribution in [2.45, 2.75) is 37.5 Å². The van der Waals surface area contributed by atoms with Crippen LogP contribution in [0.1, 0.15) is 41.2 Å². The van der Waals surface area contributed by atoms with Crippen LogP contribution in [0.3, 0.4) is 0 Å². The normalized spacial score (nSPS) is 17.6. The lowest BCUT2D eigenvalue weighted by molar-refractivity contribution is -0.128. The van der Waals surface area contributed by atoms with E-state index in [0.717, 1.165) is 5.56 Å². The number of aliphatic hydroxyl groups is 1. The molecule has 0 fully saturated rings. The van der Waals surface area contributed by atoms with E-state index in [1.807, 2.05) is 24.3 Å². The lowest BCUT2D eigenvalue weighted by atomic mass is 9.82. The number of hydrogen-bond donors (Lipinski definition) is 2. The molecule has 1 heterocycles. The van der Waals surface area contributed by atoms with E-state index in [0.29, 0.717) is 48.4 Å². The van der Waals surface area contributed by atoms with E-state index in [-0.39, 0.29) is 37.2 Å². The van der Waals surface area contributed by atoms with Crippen LogP contribution in [0.5, 0.6) is 5.75 Å². The third-order valence-electron chi connectivity index (χ3n) is 6.74. The summed E-state index contributed by atoms with van der Waals surface area (Å²) in [5, 5.41) is 15.7. The van der Waals surface area contributed by atoms with Gasteiger partial charge in [0.2, 0.25) is 5.90 Å². The van der Waals surface area contributed by atoms with Crippen LogP contribution in [-0.2, 0) is 22.5 Å². The molecule has 1 aliphatic rings. The van der Waals surface area contributed by atoms with Gasteiger partial charge in [0.15, 0.2) is 11.6 Å². The number of nitrogens with zero attached hydrogens (tertiary/aromatic N) is 4. The molecule has 2 N–H and O–H groups in total. The molecule has 3 aromatic rings. The maximum absolute atomic E-state index is 14.0. The molecule has 0 saturated heterocycles. The number of carbonyl (C=O) groups is 1. The van der Waals surface area contributed by atoms with Gasteiger partial charge in [0.05, 0.1) is 13.2 Å². The van der Waals surface area contributed by atoms with Gasteiger partial charge in [0.1, 0.15) is 11.6 Å². The molecule has 0 aliphatic carbocycles. The fourth-order valence-corrected chi connectivity index (χ4v) is 4.68. The smallest absolute Gasteiger partial charge is 0.252 e. The minimum Gasteiger partial charge on any atom is -0.494 e. The van der Waals surface area contributed by atoms with Crippen molar-refractivity contribution in [2.24, 2.45) is 10.1 Å². The van der Waals surface area contributed by atoms with Crippen molar-refractivity contribution >= 4 is 11.8 Å². The molecule has 3 aromatic carbocycles. The first-order valence-corrected chi connectivity index (χ1v) is 13.3. The molecule has 1 amide bonds. The van der Waals surface area contributed by atoms with Gasteiger partial charge in [0.25, 0.3) is 5.91 Å². The Morgan fingerprint density at radius 2 is 1.95 bits per heavy atom. The quantitative estimate of drug-likeness (QED) is 0.0880. The van der Waals surface area contributed by atoms with Gasteiger partial charge in [-0.3, -0.25) is 4.79 Å². The number of hydrogen-bond acceptors (Lipinski definition) is 6. The summed E-state index contributed by atoms with van der Waals surface area (Å²) in [5.41, 5.74) is 10.5. The van der Waals surface area contributed by atoms with Crippen molar-refractivity contribution in [1.29, 1.82) is 0 Å². The number of carbonyl (C=O) groups excluding carboxylic acids is 1. The first kappa shape index (κ1) is 29.3. The minimum absolute atomic E-state index is 0.0443. The number of benzene rings is 3. The molecular formula is C31H32FN5O4. The molecule has 41 heavy (non-hydrogen) atoms. The van der Waals surface area contributed by atoms with Crippen molar-refractivity contribution in [3.8, 4) is 5.75 Å². The second-order valence-electron chi connectivity index (χ2n) is 9.50. The lowest BCUT2D eigenvalue weighted by Gasteiger charge is -2.30. The molecule has 9 nitrogen and oxygen atoms in total. The van der Waals surface area contributed by atoms with Crippen molar-refractivity contribution in [2.75, 3.05) is 19.8 Å². The van der Waals surface area contributed by atoms with Gasteiger partial charge in [-0.25, -0.2) is 9.38 Å². The van der Waals surface area contributed by atoms with Gasteiger partial charge >= 0.3 is 0 Å². The lowest BCUT2D eigenvalue weighted by Crippen LogP contribution is -2.48. The van der Waals surface area contributed by atoms with E-state index in [1.165, 1.54) is 12.1 Å². The highest BCUT2D eigenvalue weighted by molar-refractivity contribution is 6.01. The third-order valence-corrected chi connectivity index (χ3v) is 6.74. The summed E-state index contributed by atoms with van der Waals surface area (Å²) in [4.78, 5) is 21.7. The summed E-state index contributed by atoms with van der Waals surface area (Å²) in [6.07, 6.45) is 2.02. The Kier molecular flexibility index (Phi) is 10.1. The molecule has 1 aliphatic heterocycles. The van der Waals surface area contributed by atoms with Crippen molar-refractivity contribution in [1.82, 2.24) is 5.32 Å². The second kappa shape index (κ2) is 14.1. The summed E-state index contributed by atoms with van der Waals surface area (Å²) in [5.74, 6) is 0.251. The second-order valence-corrected chi connectivity index (χ2v) is 9.50. The number of ether oxygens (including phenoxy) is 2. The van der Waals surface area contributed by atoms with Crippen molar-refractivity contribution < 1.29 is 23.8 Å². The Labute approximate surface area is 238 Å². The van der Waals surface area contributed by atoms with Gasteiger partial charge < -0.3 is 19.9 Å². The largest absolute Gasteiger partial charge is 0.494 e. The van der Waals surface area contributed by atoms with Crippen LogP contribution in [0.25, 0.3) is 10.4 Å². The monoisotopic (exact) mass is 557 g/mol. The summed E-state index contributed by atoms with van der Waals surface area (Å²) in [7, 11) is 0. The van der Waals surface area contributed by atoms with Gasteiger partial charge in [-0.1, -0.05) is 47.6 Å². The Bertz CT molecular complexity index is 1420. The topological polar surface area (TPSA) is 129 Å². The van der Waals surface area contributed by atoms with Crippen molar-refractivity contribution in [3.05, 3.63) is 124 Å². The Morgan fingerprint density at radius 1 is 1.20 bits per heavy atom. The summed E-state index contributed by atoms with van der Waals surface area (Å²) < 4.78 is 25.4. The summed E-state index contributed by atoms with van der Waals surface area (Å²) in [6, 6.07) is 20.6. The van der Waals surface area contributed by atoms with Crippen LogP contribution < -0.4 is 10.1 Å². The van der Waals surface area contributed by atoms with Crippen LogP contribution in [0.4, 0.5) is 4.39 Å². The van der Waals surface area contributed by atoms with E-state index in [9.17, 15) is 9.18 Å². The minimum atomic E-state index is -1.39. The van der Waals surface area contributed by atoms with Crippen LogP contribution in [-0.4, -0.2) is 42.2 Å². The first-order valence-electron chi connectivity index (χ1n) is 13.3. The Balaban J connectivity index is 1.67. The van der Waals surface area contributed by atoms with Crippen LogP contribution >= 0.6 is 0 Å². The SMILES string of the molecule is C=CC[C@@]1(C(=O)NCCc2ccc(F)cc2)N=C(c2ccc(OCCCO)cc2)O[C@@H]1c1ccccc1CN=[N+]=[N-]. The van der Waals surface area contributed by atoms with E-state index in [2.05, 4.69) is 21.9 Å². The van der Waals surface area contributed by atoms with Gasteiger partial charge in [-0.15, -0.1) is 6.58 Å². The maximum Gasteiger partial charge on any atom is 0.252 e. The number of rotatable bonds is 14. The van der Waals surface area contributed by atoms with Gasteiger partial charge in [-0.05, 0) is 65.0 Å². The molecule has 212 valence electrons.